The highest BCUT2D eigenvalue weighted by atomic mass is 127. The van der Waals surface area contributed by atoms with E-state index in [9.17, 15) is 4.79 Å². The molecule has 7 heteroatoms. The molecule has 140 valence electrons. The SMILES string of the molecule is CN=C(NCC(=O)N1CCCCC1)NCc1ccc(C)cc1SC.I. The first-order valence-corrected chi connectivity index (χ1v) is 9.72. The van der Waals surface area contributed by atoms with Crippen molar-refractivity contribution in [1.29, 1.82) is 0 Å². The number of benzene rings is 1. The summed E-state index contributed by atoms with van der Waals surface area (Å²) in [6.07, 6.45) is 5.55. The summed E-state index contributed by atoms with van der Waals surface area (Å²) in [5, 5.41) is 6.42. The largest absolute Gasteiger partial charge is 0.352 e. The molecule has 0 saturated carbocycles. The Labute approximate surface area is 172 Å². The van der Waals surface area contributed by atoms with Crippen molar-refractivity contribution in [1.82, 2.24) is 15.5 Å². The minimum Gasteiger partial charge on any atom is -0.352 e. The Hall–Kier alpha value is -0.960. The number of carbonyl (C=O) groups is 1. The lowest BCUT2D eigenvalue weighted by Crippen LogP contribution is -2.45. The number of hydrogen-bond donors (Lipinski definition) is 2. The molecule has 1 fully saturated rings. The third-order valence-corrected chi connectivity index (χ3v) is 5.05. The van der Waals surface area contributed by atoms with E-state index in [1.54, 1.807) is 18.8 Å². The van der Waals surface area contributed by atoms with Crippen molar-refractivity contribution in [3.05, 3.63) is 29.3 Å². The molecule has 0 aliphatic carbocycles. The molecule has 0 bridgehead atoms. The number of carbonyl (C=O) groups excluding carboxylic acids is 1. The Morgan fingerprint density at radius 1 is 1.24 bits per heavy atom. The topological polar surface area (TPSA) is 56.7 Å². The van der Waals surface area contributed by atoms with Crippen molar-refractivity contribution < 1.29 is 4.79 Å². The molecule has 0 atom stereocenters. The fourth-order valence-electron chi connectivity index (χ4n) is 2.81. The summed E-state index contributed by atoms with van der Waals surface area (Å²) in [6.45, 7) is 4.85. The van der Waals surface area contributed by atoms with Gasteiger partial charge in [-0.05, 0) is 49.6 Å². The molecular weight excluding hydrogens is 447 g/mol. The van der Waals surface area contributed by atoms with Crippen LogP contribution in [0.5, 0.6) is 0 Å². The molecule has 1 aliphatic heterocycles. The average Bonchev–Trinajstić information content (AvgIpc) is 2.63. The number of guanidine groups is 1. The molecule has 1 aromatic carbocycles. The normalized spacial score (nSPS) is 14.7. The van der Waals surface area contributed by atoms with Gasteiger partial charge in [0.1, 0.15) is 0 Å². The second kappa shape index (κ2) is 11.6. The number of halogens is 1. The van der Waals surface area contributed by atoms with Crippen LogP contribution in [0.15, 0.2) is 28.1 Å². The first-order chi connectivity index (χ1) is 11.6. The Bertz CT molecular complexity index is 588. The zero-order valence-electron chi connectivity index (χ0n) is 15.3. The number of nitrogens with zero attached hydrogens (tertiary/aromatic N) is 2. The van der Waals surface area contributed by atoms with Crippen LogP contribution in [-0.2, 0) is 11.3 Å². The summed E-state index contributed by atoms with van der Waals surface area (Å²) >= 11 is 1.74. The van der Waals surface area contributed by atoms with Gasteiger partial charge in [-0.3, -0.25) is 9.79 Å². The van der Waals surface area contributed by atoms with E-state index in [0.717, 1.165) is 25.9 Å². The molecule has 0 unspecified atom stereocenters. The van der Waals surface area contributed by atoms with Gasteiger partial charge in [-0.25, -0.2) is 0 Å². The number of thioether (sulfide) groups is 1. The van der Waals surface area contributed by atoms with Crippen LogP contribution in [0.4, 0.5) is 0 Å². The molecule has 1 heterocycles. The number of amides is 1. The first kappa shape index (κ1) is 22.1. The summed E-state index contributed by atoms with van der Waals surface area (Å²) in [5.41, 5.74) is 2.50. The number of rotatable bonds is 5. The Kier molecular flexibility index (Phi) is 10.3. The van der Waals surface area contributed by atoms with Gasteiger partial charge in [0, 0.05) is 31.6 Å². The van der Waals surface area contributed by atoms with Crippen molar-refractivity contribution in [2.45, 2.75) is 37.6 Å². The van der Waals surface area contributed by atoms with E-state index in [1.807, 2.05) is 4.90 Å². The van der Waals surface area contributed by atoms with E-state index in [0.29, 0.717) is 19.0 Å². The number of nitrogens with one attached hydrogen (secondary N) is 2. The average molecular weight is 476 g/mol. The van der Waals surface area contributed by atoms with Gasteiger partial charge in [-0.2, -0.15) is 0 Å². The Morgan fingerprint density at radius 3 is 2.60 bits per heavy atom. The standard InChI is InChI=1S/C18H28N4OS.HI/c1-14-7-8-15(16(11-14)24-3)12-20-18(19-2)21-13-17(23)22-9-5-4-6-10-22;/h7-8,11H,4-6,9-10,12-13H2,1-3H3,(H2,19,20,21);1H. The lowest BCUT2D eigenvalue weighted by molar-refractivity contribution is -0.130. The van der Waals surface area contributed by atoms with Crippen LogP contribution in [0.25, 0.3) is 0 Å². The predicted octanol–water partition coefficient (Wildman–Crippen LogP) is 3.01. The fraction of sp³-hybridized carbons (Fsp3) is 0.556. The lowest BCUT2D eigenvalue weighted by atomic mass is 10.1. The maximum atomic E-state index is 12.2. The highest BCUT2D eigenvalue weighted by Crippen LogP contribution is 2.21. The maximum absolute atomic E-state index is 12.2. The van der Waals surface area contributed by atoms with Crippen LogP contribution in [0.1, 0.15) is 30.4 Å². The van der Waals surface area contributed by atoms with E-state index < -0.39 is 0 Å². The van der Waals surface area contributed by atoms with Crippen molar-refractivity contribution in [3.8, 4) is 0 Å². The van der Waals surface area contributed by atoms with Gasteiger partial charge in [0.15, 0.2) is 5.96 Å². The summed E-state index contributed by atoms with van der Waals surface area (Å²) in [4.78, 5) is 19.6. The second-order valence-electron chi connectivity index (χ2n) is 6.04. The zero-order valence-corrected chi connectivity index (χ0v) is 18.4. The molecule has 1 aromatic rings. The van der Waals surface area contributed by atoms with Gasteiger partial charge < -0.3 is 15.5 Å². The third kappa shape index (κ3) is 7.05. The van der Waals surface area contributed by atoms with E-state index in [-0.39, 0.29) is 29.9 Å². The van der Waals surface area contributed by atoms with Crippen LogP contribution < -0.4 is 10.6 Å². The minimum absolute atomic E-state index is 0. The van der Waals surface area contributed by atoms with Crippen molar-refractivity contribution in [2.75, 3.05) is 32.9 Å². The molecule has 1 saturated heterocycles. The summed E-state index contributed by atoms with van der Waals surface area (Å²) < 4.78 is 0. The van der Waals surface area contributed by atoms with Crippen LogP contribution in [0, 0.1) is 6.92 Å². The van der Waals surface area contributed by atoms with E-state index >= 15 is 0 Å². The highest BCUT2D eigenvalue weighted by Gasteiger charge is 2.16. The fourth-order valence-corrected chi connectivity index (χ4v) is 3.52. The molecule has 0 radical (unpaired) electrons. The van der Waals surface area contributed by atoms with Gasteiger partial charge in [-0.15, -0.1) is 35.7 Å². The van der Waals surface area contributed by atoms with Gasteiger partial charge in [0.25, 0.3) is 0 Å². The van der Waals surface area contributed by atoms with Crippen molar-refractivity contribution in [2.24, 2.45) is 4.99 Å². The van der Waals surface area contributed by atoms with Crippen LogP contribution in [0.3, 0.4) is 0 Å². The summed E-state index contributed by atoms with van der Waals surface area (Å²) in [6, 6.07) is 6.45. The number of hydrogen-bond acceptors (Lipinski definition) is 3. The Morgan fingerprint density at radius 2 is 1.96 bits per heavy atom. The molecule has 25 heavy (non-hydrogen) atoms. The zero-order chi connectivity index (χ0) is 17.4. The van der Waals surface area contributed by atoms with Crippen LogP contribution >= 0.6 is 35.7 Å². The maximum Gasteiger partial charge on any atom is 0.241 e. The number of likely N-dealkylation sites (tertiary alicyclic amines) is 1. The van der Waals surface area contributed by atoms with E-state index in [4.69, 9.17) is 0 Å². The molecule has 1 amide bonds. The number of aryl methyl sites for hydroxylation is 1. The smallest absolute Gasteiger partial charge is 0.241 e. The highest BCUT2D eigenvalue weighted by molar-refractivity contribution is 14.0. The Balaban J connectivity index is 0.00000312. The molecule has 5 nitrogen and oxygen atoms in total. The van der Waals surface area contributed by atoms with E-state index in [1.165, 1.54) is 22.4 Å². The molecule has 0 aromatic heterocycles. The summed E-state index contributed by atoms with van der Waals surface area (Å²) in [5.74, 6) is 0.811. The van der Waals surface area contributed by atoms with Crippen LogP contribution in [-0.4, -0.2) is 49.7 Å². The van der Waals surface area contributed by atoms with Gasteiger partial charge in [-0.1, -0.05) is 12.1 Å². The van der Waals surface area contributed by atoms with Crippen molar-refractivity contribution in [3.63, 3.8) is 0 Å². The summed E-state index contributed by atoms with van der Waals surface area (Å²) in [7, 11) is 1.73. The van der Waals surface area contributed by atoms with Gasteiger partial charge >= 0.3 is 0 Å². The molecule has 2 rings (SSSR count). The minimum atomic E-state index is 0. The predicted molar refractivity (Wildman–Crippen MR) is 117 cm³/mol. The lowest BCUT2D eigenvalue weighted by Gasteiger charge is -2.27. The quantitative estimate of drug-likeness (QED) is 0.297. The third-order valence-electron chi connectivity index (χ3n) is 4.23. The van der Waals surface area contributed by atoms with E-state index in [2.05, 4.69) is 47.0 Å². The molecule has 2 N–H and O–H groups in total. The first-order valence-electron chi connectivity index (χ1n) is 8.50. The monoisotopic (exact) mass is 476 g/mol. The molecule has 1 aliphatic rings. The van der Waals surface area contributed by atoms with Gasteiger partial charge in [0.2, 0.25) is 5.91 Å². The molecular formula is C18H29IN4OS. The molecule has 0 spiro atoms. The van der Waals surface area contributed by atoms with Crippen LogP contribution in [0.2, 0.25) is 0 Å². The second-order valence-corrected chi connectivity index (χ2v) is 6.88. The number of piperidine rings is 1. The van der Waals surface area contributed by atoms with Gasteiger partial charge in [0.05, 0.1) is 6.54 Å². The number of aliphatic imine (C=N–C) groups is 1. The van der Waals surface area contributed by atoms with Crippen molar-refractivity contribution >= 4 is 47.6 Å².